The molecule has 0 unspecified atom stereocenters. The predicted molar refractivity (Wildman–Crippen MR) is 67.7 cm³/mol. The standard InChI is InChI=1S/C10H13ClN2O4S/c1-2-17-10(14)6-13-18(15,16)9-5-7(12)3-4-8(9)11/h3-5,13H,2,6,12H2,1H3. The van der Waals surface area contributed by atoms with Crippen molar-refractivity contribution in [2.75, 3.05) is 18.9 Å². The molecule has 0 aromatic heterocycles. The van der Waals surface area contributed by atoms with Crippen LogP contribution in [0, 0.1) is 0 Å². The summed E-state index contributed by atoms with van der Waals surface area (Å²) in [6.45, 7) is 1.35. The van der Waals surface area contributed by atoms with Gasteiger partial charge in [0.1, 0.15) is 11.4 Å². The maximum Gasteiger partial charge on any atom is 0.321 e. The second kappa shape index (κ2) is 6.03. The lowest BCUT2D eigenvalue weighted by Gasteiger charge is -2.08. The number of halogens is 1. The molecule has 0 aliphatic rings. The van der Waals surface area contributed by atoms with Crippen LogP contribution in [-0.2, 0) is 19.6 Å². The third-order valence-corrected chi connectivity index (χ3v) is 3.84. The van der Waals surface area contributed by atoms with Crippen LogP contribution in [0.2, 0.25) is 5.02 Å². The Hall–Kier alpha value is -1.31. The maximum absolute atomic E-state index is 11.9. The van der Waals surface area contributed by atoms with E-state index in [1.165, 1.54) is 18.2 Å². The molecule has 0 heterocycles. The predicted octanol–water partition coefficient (Wildman–Crippen LogP) is 0.764. The minimum Gasteiger partial charge on any atom is -0.465 e. The fourth-order valence-electron chi connectivity index (χ4n) is 1.17. The Morgan fingerprint density at radius 1 is 1.50 bits per heavy atom. The van der Waals surface area contributed by atoms with Crippen molar-refractivity contribution in [2.24, 2.45) is 0 Å². The quantitative estimate of drug-likeness (QED) is 0.617. The van der Waals surface area contributed by atoms with Crippen molar-refractivity contribution < 1.29 is 17.9 Å². The number of benzene rings is 1. The monoisotopic (exact) mass is 292 g/mol. The van der Waals surface area contributed by atoms with E-state index in [0.717, 1.165) is 0 Å². The van der Waals surface area contributed by atoms with Gasteiger partial charge in [0.05, 0.1) is 11.6 Å². The van der Waals surface area contributed by atoms with Crippen LogP contribution < -0.4 is 10.5 Å². The Bertz CT molecular complexity index is 545. The van der Waals surface area contributed by atoms with Gasteiger partial charge in [0, 0.05) is 5.69 Å². The summed E-state index contributed by atoms with van der Waals surface area (Å²) in [6.07, 6.45) is 0. The van der Waals surface area contributed by atoms with Crippen molar-refractivity contribution in [3.63, 3.8) is 0 Å². The largest absolute Gasteiger partial charge is 0.465 e. The topological polar surface area (TPSA) is 98.5 Å². The number of anilines is 1. The molecule has 18 heavy (non-hydrogen) atoms. The number of nitrogens with two attached hydrogens (primary N) is 1. The number of sulfonamides is 1. The van der Waals surface area contributed by atoms with E-state index in [9.17, 15) is 13.2 Å². The smallest absolute Gasteiger partial charge is 0.321 e. The molecule has 0 fully saturated rings. The van der Waals surface area contributed by atoms with Gasteiger partial charge in [-0.05, 0) is 25.1 Å². The first-order valence-electron chi connectivity index (χ1n) is 5.07. The van der Waals surface area contributed by atoms with Crippen LogP contribution in [0.5, 0.6) is 0 Å². The molecule has 0 radical (unpaired) electrons. The highest BCUT2D eigenvalue weighted by Gasteiger charge is 2.19. The molecule has 8 heteroatoms. The van der Waals surface area contributed by atoms with Crippen LogP contribution in [-0.4, -0.2) is 27.5 Å². The molecule has 1 rings (SSSR count). The molecule has 3 N–H and O–H groups in total. The number of nitrogens with one attached hydrogen (secondary N) is 1. The van der Waals surface area contributed by atoms with E-state index < -0.39 is 22.5 Å². The summed E-state index contributed by atoms with van der Waals surface area (Å²) in [7, 11) is -3.89. The van der Waals surface area contributed by atoms with Crippen molar-refractivity contribution in [1.29, 1.82) is 0 Å². The Labute approximate surface area is 110 Å². The maximum atomic E-state index is 11.9. The first kappa shape index (κ1) is 14.7. The lowest BCUT2D eigenvalue weighted by molar-refractivity contribution is -0.141. The molecular weight excluding hydrogens is 280 g/mol. The highest BCUT2D eigenvalue weighted by Crippen LogP contribution is 2.23. The van der Waals surface area contributed by atoms with Gasteiger partial charge in [0.15, 0.2) is 0 Å². The third kappa shape index (κ3) is 3.86. The van der Waals surface area contributed by atoms with Gasteiger partial charge in [-0.1, -0.05) is 11.6 Å². The number of hydrogen-bond donors (Lipinski definition) is 2. The van der Waals surface area contributed by atoms with Crippen LogP contribution in [0.3, 0.4) is 0 Å². The fraction of sp³-hybridized carbons (Fsp3) is 0.300. The van der Waals surface area contributed by atoms with Gasteiger partial charge in [-0.15, -0.1) is 0 Å². The molecule has 0 aliphatic heterocycles. The van der Waals surface area contributed by atoms with E-state index in [4.69, 9.17) is 17.3 Å². The van der Waals surface area contributed by atoms with Crippen LogP contribution in [0.4, 0.5) is 5.69 Å². The van der Waals surface area contributed by atoms with E-state index in [1.54, 1.807) is 6.92 Å². The summed E-state index contributed by atoms with van der Waals surface area (Å²) in [5.74, 6) is -0.666. The van der Waals surface area contributed by atoms with Gasteiger partial charge < -0.3 is 10.5 Å². The minimum atomic E-state index is -3.89. The van der Waals surface area contributed by atoms with Gasteiger partial charge in [-0.3, -0.25) is 4.79 Å². The number of ether oxygens (including phenoxy) is 1. The number of carbonyl (C=O) groups is 1. The molecular formula is C10H13ClN2O4S. The summed E-state index contributed by atoms with van der Waals surface area (Å²) in [4.78, 5) is 10.9. The van der Waals surface area contributed by atoms with Crippen LogP contribution >= 0.6 is 11.6 Å². The highest BCUT2D eigenvalue weighted by molar-refractivity contribution is 7.89. The summed E-state index contributed by atoms with van der Waals surface area (Å²) in [5.41, 5.74) is 5.75. The molecule has 0 spiro atoms. The van der Waals surface area contributed by atoms with Crippen LogP contribution in [0.1, 0.15) is 6.92 Å². The minimum absolute atomic E-state index is 0.0283. The zero-order chi connectivity index (χ0) is 13.8. The van der Waals surface area contributed by atoms with Crippen molar-refractivity contribution in [3.05, 3.63) is 23.2 Å². The van der Waals surface area contributed by atoms with Crippen molar-refractivity contribution in [3.8, 4) is 0 Å². The number of hydrogen-bond acceptors (Lipinski definition) is 5. The summed E-state index contributed by atoms with van der Waals surface area (Å²) in [5, 5.41) is 0.0283. The molecule has 0 atom stereocenters. The molecule has 0 aliphatic carbocycles. The fourth-order valence-corrected chi connectivity index (χ4v) is 2.67. The van der Waals surface area contributed by atoms with Crippen LogP contribution in [0.25, 0.3) is 0 Å². The second-order valence-electron chi connectivity index (χ2n) is 3.32. The number of carbonyl (C=O) groups excluding carboxylic acids is 1. The Morgan fingerprint density at radius 2 is 2.17 bits per heavy atom. The van der Waals surface area contributed by atoms with Crippen molar-refractivity contribution in [2.45, 2.75) is 11.8 Å². The molecule has 1 aromatic carbocycles. The number of rotatable bonds is 5. The number of nitrogen functional groups attached to an aromatic ring is 1. The van der Waals surface area contributed by atoms with Crippen LogP contribution in [0.15, 0.2) is 23.1 Å². The van der Waals surface area contributed by atoms with Gasteiger partial charge >= 0.3 is 5.97 Å². The summed E-state index contributed by atoms with van der Waals surface area (Å²) >= 11 is 5.77. The van der Waals surface area contributed by atoms with Crippen molar-refractivity contribution in [1.82, 2.24) is 4.72 Å². The molecule has 0 saturated heterocycles. The van der Waals surface area contributed by atoms with E-state index in [0.29, 0.717) is 0 Å². The van der Waals surface area contributed by atoms with E-state index in [2.05, 4.69) is 9.46 Å². The first-order chi connectivity index (χ1) is 8.36. The zero-order valence-electron chi connectivity index (χ0n) is 9.64. The molecule has 1 aromatic rings. The molecule has 100 valence electrons. The third-order valence-electron chi connectivity index (χ3n) is 1.96. The van der Waals surface area contributed by atoms with E-state index in [-0.39, 0.29) is 22.2 Å². The van der Waals surface area contributed by atoms with Gasteiger partial charge in [-0.25, -0.2) is 8.42 Å². The Balaban J connectivity index is 2.87. The second-order valence-corrected chi connectivity index (χ2v) is 5.46. The van der Waals surface area contributed by atoms with Gasteiger partial charge in [0.25, 0.3) is 0 Å². The Kier molecular flexibility index (Phi) is 4.94. The lowest BCUT2D eigenvalue weighted by Crippen LogP contribution is -2.31. The molecule has 0 amide bonds. The highest BCUT2D eigenvalue weighted by atomic mass is 35.5. The summed E-state index contributed by atoms with van der Waals surface area (Å²) in [6, 6.07) is 4.07. The average molecular weight is 293 g/mol. The van der Waals surface area contributed by atoms with Gasteiger partial charge in [0.2, 0.25) is 10.0 Å². The molecule has 0 bridgehead atoms. The lowest BCUT2D eigenvalue weighted by atomic mass is 10.3. The Morgan fingerprint density at radius 3 is 2.78 bits per heavy atom. The SMILES string of the molecule is CCOC(=O)CNS(=O)(=O)c1cc(N)ccc1Cl. The number of esters is 1. The zero-order valence-corrected chi connectivity index (χ0v) is 11.2. The normalized spacial score (nSPS) is 11.2. The molecule has 0 saturated carbocycles. The first-order valence-corrected chi connectivity index (χ1v) is 6.93. The van der Waals surface area contributed by atoms with Gasteiger partial charge in [-0.2, -0.15) is 4.72 Å². The average Bonchev–Trinajstić information content (AvgIpc) is 2.30. The summed E-state index contributed by atoms with van der Waals surface area (Å²) < 4.78 is 30.4. The van der Waals surface area contributed by atoms with E-state index in [1.807, 2.05) is 0 Å². The van der Waals surface area contributed by atoms with Crippen molar-refractivity contribution >= 4 is 33.3 Å². The van der Waals surface area contributed by atoms with E-state index >= 15 is 0 Å². The molecule has 6 nitrogen and oxygen atoms in total.